The minimum absolute atomic E-state index is 0.243. The molecule has 1 aliphatic carbocycles. The molecule has 0 spiro atoms. The number of pyridine rings is 1. The number of hydrogen-bond donors (Lipinski definition) is 0. The molecule has 0 N–H and O–H groups in total. The molecule has 152 valence electrons. The first-order valence-electron chi connectivity index (χ1n) is 11.5. The third-order valence-corrected chi connectivity index (χ3v) is 7.15. The van der Waals surface area contributed by atoms with E-state index >= 15 is 0 Å². The number of rotatable bonds is 2. The fraction of sp³-hybridized carbons (Fsp3) is 0.321. The second-order valence-corrected chi connectivity index (χ2v) is 8.96. The molecule has 0 unspecified atom stereocenters. The van der Waals surface area contributed by atoms with Crippen molar-refractivity contribution < 1.29 is 10.3 Å². The second kappa shape index (κ2) is 7.19. The van der Waals surface area contributed by atoms with Gasteiger partial charge in [0.15, 0.2) is 5.69 Å². The van der Waals surface area contributed by atoms with Gasteiger partial charge in [0, 0.05) is 18.4 Å². The van der Waals surface area contributed by atoms with Crippen LogP contribution in [0.1, 0.15) is 55.4 Å². The van der Waals surface area contributed by atoms with Gasteiger partial charge in [-0.05, 0) is 84.3 Å². The Morgan fingerprint density at radius 1 is 0.933 bits per heavy atom. The Morgan fingerprint density at radius 2 is 1.67 bits per heavy atom. The van der Waals surface area contributed by atoms with E-state index in [0.717, 1.165) is 32.9 Å². The predicted octanol–water partition coefficient (Wildman–Crippen LogP) is 7.21. The lowest BCUT2D eigenvalue weighted by Crippen LogP contribution is -2.35. The van der Waals surface area contributed by atoms with E-state index in [4.69, 9.17) is 1.37 Å². The van der Waals surface area contributed by atoms with Gasteiger partial charge >= 0.3 is 0 Å². The molecule has 0 aliphatic heterocycles. The standard InChI is InChI=1S/C28H29FN/c1-17-13-22(20-7-5-6-8-20)16-26(19(17)3)28-25-11-9-21-15-23(29)10-12-24(21)27(25)14-18(2)30(28)4/h9-16,20H,5-8H2,1-4H3/q+1/i14D. The number of fused-ring (bicyclic) bond motifs is 3. The van der Waals surface area contributed by atoms with Crippen LogP contribution in [0.25, 0.3) is 32.8 Å². The van der Waals surface area contributed by atoms with Crippen LogP contribution >= 0.6 is 0 Å². The van der Waals surface area contributed by atoms with E-state index in [-0.39, 0.29) is 5.82 Å². The molecule has 0 saturated heterocycles. The Morgan fingerprint density at radius 3 is 2.43 bits per heavy atom. The summed E-state index contributed by atoms with van der Waals surface area (Å²) in [6, 6.07) is 14.2. The number of nitrogens with zero attached hydrogens (tertiary/aromatic N) is 1. The van der Waals surface area contributed by atoms with Crippen LogP contribution in [-0.4, -0.2) is 0 Å². The minimum Gasteiger partial charge on any atom is -0.207 e. The first kappa shape index (κ1) is 18.1. The highest BCUT2D eigenvalue weighted by Crippen LogP contribution is 2.39. The average molecular weight is 400 g/mol. The van der Waals surface area contributed by atoms with Gasteiger partial charge < -0.3 is 0 Å². The third-order valence-electron chi connectivity index (χ3n) is 7.15. The van der Waals surface area contributed by atoms with Crippen LogP contribution in [0.15, 0.2) is 48.5 Å². The van der Waals surface area contributed by atoms with Crippen molar-refractivity contribution in [3.8, 4) is 11.3 Å². The lowest BCUT2D eigenvalue weighted by Gasteiger charge is -2.17. The Labute approximate surface area is 179 Å². The SMILES string of the molecule is [2H]c1c(C)[n+](C)c(-c2cc(C3CCCC3)cc(C)c2C)c2ccc3cc(F)ccc3c12. The highest BCUT2D eigenvalue weighted by molar-refractivity contribution is 6.11. The average Bonchev–Trinajstić information content (AvgIpc) is 3.29. The van der Waals surface area contributed by atoms with Gasteiger partial charge in [0.25, 0.3) is 0 Å². The Kier molecular flexibility index (Phi) is 4.33. The van der Waals surface area contributed by atoms with Crippen LogP contribution in [0.2, 0.25) is 0 Å². The Hall–Kier alpha value is -2.74. The van der Waals surface area contributed by atoms with Crippen molar-refractivity contribution in [3.05, 3.63) is 76.7 Å². The summed E-state index contributed by atoms with van der Waals surface area (Å²) in [7, 11) is 2.06. The van der Waals surface area contributed by atoms with E-state index in [0.29, 0.717) is 12.0 Å². The van der Waals surface area contributed by atoms with Crippen LogP contribution in [0.5, 0.6) is 0 Å². The van der Waals surface area contributed by atoms with Gasteiger partial charge in [-0.3, -0.25) is 0 Å². The molecule has 1 fully saturated rings. The minimum atomic E-state index is -0.243. The lowest BCUT2D eigenvalue weighted by atomic mass is 9.88. The smallest absolute Gasteiger partial charge is 0.207 e. The molecule has 0 atom stereocenters. The first-order chi connectivity index (χ1) is 14.9. The summed E-state index contributed by atoms with van der Waals surface area (Å²) in [6.45, 7) is 6.43. The van der Waals surface area contributed by atoms with Gasteiger partial charge in [-0.25, -0.2) is 4.39 Å². The molecule has 5 rings (SSSR count). The van der Waals surface area contributed by atoms with Gasteiger partial charge in [-0.15, -0.1) is 0 Å². The number of aromatic nitrogens is 1. The summed E-state index contributed by atoms with van der Waals surface area (Å²) < 4.78 is 24.9. The van der Waals surface area contributed by atoms with Gasteiger partial charge in [-0.1, -0.05) is 31.0 Å². The zero-order valence-corrected chi connectivity index (χ0v) is 18.3. The molecule has 4 aromatic rings. The summed E-state index contributed by atoms with van der Waals surface area (Å²) in [5.41, 5.74) is 7.37. The molecule has 1 aliphatic rings. The van der Waals surface area contributed by atoms with Crippen molar-refractivity contribution >= 4 is 21.5 Å². The molecule has 1 aromatic heterocycles. The molecule has 3 aromatic carbocycles. The molecule has 0 amide bonds. The molecular weight excluding hydrogens is 369 g/mol. The zero-order chi connectivity index (χ0) is 21.9. The monoisotopic (exact) mass is 399 g/mol. The van der Waals surface area contributed by atoms with Gasteiger partial charge in [0.1, 0.15) is 12.9 Å². The predicted molar refractivity (Wildman–Crippen MR) is 123 cm³/mol. The fourth-order valence-electron chi connectivity index (χ4n) is 5.20. The van der Waals surface area contributed by atoms with E-state index in [9.17, 15) is 4.39 Å². The van der Waals surface area contributed by atoms with E-state index < -0.39 is 0 Å². The summed E-state index contributed by atoms with van der Waals surface area (Å²) >= 11 is 0. The van der Waals surface area contributed by atoms with E-state index in [1.54, 1.807) is 6.07 Å². The number of halogens is 1. The van der Waals surface area contributed by atoms with Crippen molar-refractivity contribution in [1.29, 1.82) is 0 Å². The molecular formula is C28H29FN+. The van der Waals surface area contributed by atoms with Gasteiger partial charge in [-0.2, -0.15) is 4.57 Å². The van der Waals surface area contributed by atoms with Crippen LogP contribution in [0.3, 0.4) is 0 Å². The van der Waals surface area contributed by atoms with Crippen LogP contribution in [0.4, 0.5) is 4.39 Å². The quantitative estimate of drug-likeness (QED) is 0.248. The van der Waals surface area contributed by atoms with Crippen molar-refractivity contribution in [1.82, 2.24) is 0 Å². The second-order valence-electron chi connectivity index (χ2n) is 8.96. The molecule has 0 radical (unpaired) electrons. The topological polar surface area (TPSA) is 3.88 Å². The van der Waals surface area contributed by atoms with Crippen LogP contribution in [-0.2, 0) is 7.05 Å². The van der Waals surface area contributed by atoms with Crippen molar-refractivity contribution in [2.75, 3.05) is 0 Å². The maximum Gasteiger partial charge on any atom is 0.220 e. The van der Waals surface area contributed by atoms with Crippen molar-refractivity contribution in [3.63, 3.8) is 0 Å². The molecule has 1 nitrogen and oxygen atoms in total. The first-order valence-corrected chi connectivity index (χ1v) is 11.0. The normalized spacial score (nSPS) is 15.3. The van der Waals surface area contributed by atoms with E-state index in [2.05, 4.69) is 43.7 Å². The Balaban J connectivity index is 1.88. The van der Waals surface area contributed by atoms with Gasteiger partial charge in [0.2, 0.25) is 5.69 Å². The molecule has 1 saturated carbocycles. The lowest BCUT2D eigenvalue weighted by molar-refractivity contribution is -0.665. The number of benzene rings is 3. The molecule has 1 heterocycles. The van der Waals surface area contributed by atoms with Crippen molar-refractivity contribution in [2.24, 2.45) is 7.05 Å². The third kappa shape index (κ3) is 3.01. The summed E-state index contributed by atoms with van der Waals surface area (Å²) in [6.07, 6.45) is 5.18. The number of hydrogen-bond acceptors (Lipinski definition) is 0. The summed E-state index contributed by atoms with van der Waals surface area (Å²) in [5, 5.41) is 3.75. The summed E-state index contributed by atoms with van der Waals surface area (Å²) in [5.74, 6) is 0.405. The van der Waals surface area contributed by atoms with Gasteiger partial charge in [0.05, 0.1) is 12.3 Å². The maximum absolute atomic E-state index is 13.9. The molecule has 0 bridgehead atoms. The number of aryl methyl sites for hydroxylation is 1. The summed E-state index contributed by atoms with van der Waals surface area (Å²) in [4.78, 5) is 0. The fourth-order valence-corrected chi connectivity index (χ4v) is 5.20. The van der Waals surface area contributed by atoms with Crippen molar-refractivity contribution in [2.45, 2.75) is 52.4 Å². The maximum atomic E-state index is 13.9. The van der Waals surface area contributed by atoms with Crippen LogP contribution < -0.4 is 4.57 Å². The van der Waals surface area contributed by atoms with E-state index in [1.807, 2.05) is 19.1 Å². The highest BCUT2D eigenvalue weighted by Gasteiger charge is 2.24. The molecule has 2 heteroatoms. The zero-order valence-electron chi connectivity index (χ0n) is 19.3. The highest BCUT2D eigenvalue weighted by atomic mass is 19.1. The molecule has 30 heavy (non-hydrogen) atoms. The van der Waals surface area contributed by atoms with Crippen LogP contribution in [0, 0.1) is 26.6 Å². The Bertz CT molecular complexity index is 1350. The largest absolute Gasteiger partial charge is 0.220 e. The van der Waals surface area contributed by atoms with E-state index in [1.165, 1.54) is 54.0 Å².